The molecule has 0 saturated heterocycles. The molecule has 0 aliphatic heterocycles. The fourth-order valence-corrected chi connectivity index (χ4v) is 7.78. The summed E-state index contributed by atoms with van der Waals surface area (Å²) in [6, 6.07) is 68.7. The SMILES string of the molecule is Nc1ccc(Nc2ccc(N(c3ccc(-n4c5ccccc5c5ccccc54)cc3)c3ccc(-n4c5ccccc5c5ccccc54)cc3)cc2)cc1. The third kappa shape index (κ3) is 5.26. The van der Waals surface area contributed by atoms with Crippen molar-refractivity contribution in [1.82, 2.24) is 9.13 Å². The summed E-state index contributed by atoms with van der Waals surface area (Å²) in [4.78, 5) is 2.32. The molecule has 252 valence electrons. The van der Waals surface area contributed by atoms with Crippen LogP contribution in [0.25, 0.3) is 55.0 Å². The predicted octanol–water partition coefficient (Wildman–Crippen LogP) is 12.7. The van der Waals surface area contributed by atoms with E-state index in [0.717, 1.165) is 45.5 Å². The molecule has 5 heteroatoms. The van der Waals surface area contributed by atoms with E-state index in [4.69, 9.17) is 5.73 Å². The number of anilines is 6. The third-order valence-corrected chi connectivity index (χ3v) is 10.2. The van der Waals surface area contributed by atoms with Crippen LogP contribution >= 0.6 is 0 Å². The Hall–Kier alpha value is -7.24. The topological polar surface area (TPSA) is 51.1 Å². The van der Waals surface area contributed by atoms with Gasteiger partial charge in [-0.05, 0) is 121 Å². The quantitative estimate of drug-likeness (QED) is 0.165. The number of hydrogen-bond acceptors (Lipinski definition) is 3. The predicted molar refractivity (Wildman–Crippen MR) is 224 cm³/mol. The fraction of sp³-hybridized carbons (Fsp3) is 0. The maximum atomic E-state index is 5.92. The second-order valence-electron chi connectivity index (χ2n) is 13.4. The van der Waals surface area contributed by atoms with E-state index in [1.54, 1.807) is 0 Å². The average molecular weight is 682 g/mol. The second kappa shape index (κ2) is 12.5. The van der Waals surface area contributed by atoms with Crippen LogP contribution in [-0.2, 0) is 0 Å². The molecule has 2 heterocycles. The number of fused-ring (bicyclic) bond motifs is 6. The zero-order chi connectivity index (χ0) is 35.3. The Labute approximate surface area is 307 Å². The molecule has 0 atom stereocenters. The smallest absolute Gasteiger partial charge is 0.0541 e. The van der Waals surface area contributed by atoms with Gasteiger partial charge in [-0.1, -0.05) is 72.8 Å². The monoisotopic (exact) mass is 681 g/mol. The van der Waals surface area contributed by atoms with Gasteiger partial charge in [-0.2, -0.15) is 0 Å². The highest BCUT2D eigenvalue weighted by Gasteiger charge is 2.17. The Kier molecular flexibility index (Phi) is 7.22. The summed E-state index contributed by atoms with van der Waals surface area (Å²) >= 11 is 0. The third-order valence-electron chi connectivity index (χ3n) is 10.2. The largest absolute Gasteiger partial charge is 0.399 e. The van der Waals surface area contributed by atoms with Crippen LogP contribution in [0.2, 0.25) is 0 Å². The lowest BCUT2D eigenvalue weighted by molar-refractivity contribution is 1.17. The standard InChI is InChI=1S/C48H35N5/c49-33-17-19-34(20-18-33)50-35-21-23-36(24-22-35)51(37-25-29-39(30-26-37)52-45-13-5-1-9-41(45)42-10-2-6-14-46(42)52)38-27-31-40(32-28-38)53-47-15-7-3-11-43(47)44-12-4-8-16-48(44)53/h1-32,50H,49H2. The summed E-state index contributed by atoms with van der Waals surface area (Å²) in [6.07, 6.45) is 0. The Balaban J connectivity index is 1.06. The lowest BCUT2D eigenvalue weighted by Gasteiger charge is -2.26. The molecule has 0 aliphatic carbocycles. The second-order valence-corrected chi connectivity index (χ2v) is 13.4. The Morgan fingerprint density at radius 2 is 0.642 bits per heavy atom. The molecule has 0 radical (unpaired) electrons. The molecule has 8 aromatic carbocycles. The molecule has 2 aromatic heterocycles. The van der Waals surface area contributed by atoms with Crippen LogP contribution in [0.1, 0.15) is 0 Å². The van der Waals surface area contributed by atoms with E-state index in [1.165, 1.54) is 43.6 Å². The molecule has 0 unspecified atom stereocenters. The number of hydrogen-bond donors (Lipinski definition) is 2. The van der Waals surface area contributed by atoms with Gasteiger partial charge in [-0.25, -0.2) is 0 Å². The minimum absolute atomic E-state index is 0.745. The van der Waals surface area contributed by atoms with Crippen LogP contribution in [0.15, 0.2) is 194 Å². The first-order valence-electron chi connectivity index (χ1n) is 17.9. The van der Waals surface area contributed by atoms with Gasteiger partial charge in [0.25, 0.3) is 0 Å². The summed E-state index contributed by atoms with van der Waals surface area (Å²) in [5.74, 6) is 0. The summed E-state index contributed by atoms with van der Waals surface area (Å²) < 4.78 is 4.72. The van der Waals surface area contributed by atoms with Gasteiger partial charge in [0.1, 0.15) is 0 Å². The molecule has 5 nitrogen and oxygen atoms in total. The first kappa shape index (κ1) is 30.6. The maximum absolute atomic E-state index is 5.92. The number of aromatic nitrogens is 2. The summed E-state index contributed by atoms with van der Waals surface area (Å²) in [6.45, 7) is 0. The normalized spacial score (nSPS) is 11.5. The number of nitrogen functional groups attached to an aromatic ring is 1. The molecule has 53 heavy (non-hydrogen) atoms. The van der Waals surface area contributed by atoms with Crippen molar-refractivity contribution >= 4 is 77.7 Å². The van der Waals surface area contributed by atoms with Gasteiger partial charge in [0, 0.05) is 67.0 Å². The highest BCUT2D eigenvalue weighted by Crippen LogP contribution is 2.39. The van der Waals surface area contributed by atoms with E-state index < -0.39 is 0 Å². The summed E-state index contributed by atoms with van der Waals surface area (Å²) in [5.41, 5.74) is 18.9. The molecule has 0 amide bonds. The zero-order valence-electron chi connectivity index (χ0n) is 28.9. The highest BCUT2D eigenvalue weighted by molar-refractivity contribution is 6.10. The molecule has 10 aromatic rings. The van der Waals surface area contributed by atoms with Crippen molar-refractivity contribution in [1.29, 1.82) is 0 Å². The van der Waals surface area contributed by atoms with Crippen LogP contribution in [0.5, 0.6) is 0 Å². The van der Waals surface area contributed by atoms with E-state index in [9.17, 15) is 0 Å². The van der Waals surface area contributed by atoms with Crippen molar-refractivity contribution in [3.05, 3.63) is 194 Å². The van der Waals surface area contributed by atoms with E-state index in [0.29, 0.717) is 0 Å². The fourth-order valence-electron chi connectivity index (χ4n) is 7.78. The van der Waals surface area contributed by atoms with Crippen LogP contribution in [-0.4, -0.2) is 9.13 Å². The van der Waals surface area contributed by atoms with Crippen molar-refractivity contribution in [3.63, 3.8) is 0 Å². The lowest BCUT2D eigenvalue weighted by Crippen LogP contribution is -2.10. The van der Waals surface area contributed by atoms with Crippen LogP contribution in [0.4, 0.5) is 34.1 Å². The van der Waals surface area contributed by atoms with Crippen molar-refractivity contribution in [2.24, 2.45) is 0 Å². The van der Waals surface area contributed by atoms with Crippen LogP contribution in [0, 0.1) is 0 Å². The van der Waals surface area contributed by atoms with Gasteiger partial charge in [0.15, 0.2) is 0 Å². The van der Waals surface area contributed by atoms with E-state index in [1.807, 2.05) is 24.3 Å². The number of benzene rings is 8. The molecular formula is C48H35N5. The van der Waals surface area contributed by atoms with Crippen molar-refractivity contribution in [2.45, 2.75) is 0 Å². The molecule has 0 spiro atoms. The Morgan fingerprint density at radius 3 is 1.00 bits per heavy atom. The molecule has 10 rings (SSSR count). The van der Waals surface area contributed by atoms with E-state index >= 15 is 0 Å². The molecule has 3 N–H and O–H groups in total. The molecule has 0 aliphatic rings. The van der Waals surface area contributed by atoms with E-state index in [-0.39, 0.29) is 0 Å². The van der Waals surface area contributed by atoms with Gasteiger partial charge in [0.05, 0.1) is 22.1 Å². The molecule has 0 saturated carbocycles. The average Bonchev–Trinajstić information content (AvgIpc) is 3.73. The highest BCUT2D eigenvalue weighted by atomic mass is 15.1. The number of nitrogens with zero attached hydrogens (tertiary/aromatic N) is 3. The Morgan fingerprint density at radius 1 is 0.340 bits per heavy atom. The molecule has 0 bridgehead atoms. The summed E-state index contributed by atoms with van der Waals surface area (Å²) in [7, 11) is 0. The minimum atomic E-state index is 0.745. The minimum Gasteiger partial charge on any atom is -0.399 e. The number of nitrogens with two attached hydrogens (primary N) is 1. The summed E-state index contributed by atoms with van der Waals surface area (Å²) in [5, 5.41) is 8.52. The maximum Gasteiger partial charge on any atom is 0.0541 e. The molecular weight excluding hydrogens is 647 g/mol. The Bertz CT molecular complexity index is 2640. The van der Waals surface area contributed by atoms with Gasteiger partial charge < -0.3 is 25.1 Å². The van der Waals surface area contributed by atoms with Gasteiger partial charge in [-0.15, -0.1) is 0 Å². The first-order chi connectivity index (χ1) is 26.2. The van der Waals surface area contributed by atoms with Crippen LogP contribution in [0.3, 0.4) is 0 Å². The number of rotatable bonds is 7. The van der Waals surface area contributed by atoms with Gasteiger partial charge in [-0.3, -0.25) is 0 Å². The van der Waals surface area contributed by atoms with Crippen LogP contribution < -0.4 is 16.0 Å². The zero-order valence-corrected chi connectivity index (χ0v) is 28.9. The van der Waals surface area contributed by atoms with Crippen molar-refractivity contribution in [3.8, 4) is 11.4 Å². The first-order valence-corrected chi connectivity index (χ1v) is 17.9. The van der Waals surface area contributed by atoms with E-state index in [2.05, 4.69) is 189 Å². The van der Waals surface area contributed by atoms with Gasteiger partial charge >= 0.3 is 0 Å². The van der Waals surface area contributed by atoms with Crippen molar-refractivity contribution < 1.29 is 0 Å². The number of para-hydroxylation sites is 4. The lowest BCUT2D eigenvalue weighted by atomic mass is 10.1. The van der Waals surface area contributed by atoms with Crippen molar-refractivity contribution in [2.75, 3.05) is 16.0 Å². The molecule has 0 fully saturated rings. The number of nitrogens with one attached hydrogen (secondary N) is 1. The van der Waals surface area contributed by atoms with Gasteiger partial charge in [0.2, 0.25) is 0 Å².